The Morgan fingerprint density at radius 2 is 2.05 bits per heavy atom. The van der Waals surface area contributed by atoms with Gasteiger partial charge in [-0.25, -0.2) is 0 Å². The molecule has 4 heteroatoms. The van der Waals surface area contributed by atoms with Crippen molar-refractivity contribution in [2.45, 2.75) is 78.2 Å². The summed E-state index contributed by atoms with van der Waals surface area (Å²) in [5, 5.41) is 16.2. The molecule has 0 heterocycles. The van der Waals surface area contributed by atoms with Gasteiger partial charge >= 0.3 is 0 Å². The second-order valence-corrected chi connectivity index (χ2v) is 6.67. The standard InChI is InChI=1S/C18H37N3O/c1-4-8-16(11-12-22)14-20-18(19-6-3)21-17-10-7-9-15(5-2)13-17/h15-17,22H,4-14H2,1-3H3,(H2,19,20,21). The molecule has 0 aromatic carbocycles. The lowest BCUT2D eigenvalue weighted by atomic mass is 9.84. The third-order valence-electron chi connectivity index (χ3n) is 4.79. The van der Waals surface area contributed by atoms with Crippen molar-refractivity contribution >= 4 is 5.96 Å². The van der Waals surface area contributed by atoms with Gasteiger partial charge in [-0.05, 0) is 44.4 Å². The minimum atomic E-state index is 0.269. The van der Waals surface area contributed by atoms with Gasteiger partial charge in [-0.3, -0.25) is 4.99 Å². The van der Waals surface area contributed by atoms with Crippen molar-refractivity contribution in [1.29, 1.82) is 0 Å². The number of rotatable bonds is 9. The molecule has 3 atom stereocenters. The third kappa shape index (κ3) is 7.48. The van der Waals surface area contributed by atoms with Gasteiger partial charge in [0, 0.05) is 25.7 Å². The maximum atomic E-state index is 9.17. The summed E-state index contributed by atoms with van der Waals surface area (Å²) in [5.41, 5.74) is 0. The van der Waals surface area contributed by atoms with Gasteiger partial charge in [0.2, 0.25) is 0 Å². The average Bonchev–Trinajstić information content (AvgIpc) is 2.53. The summed E-state index contributed by atoms with van der Waals surface area (Å²) in [5.74, 6) is 2.33. The summed E-state index contributed by atoms with van der Waals surface area (Å²) < 4.78 is 0. The minimum Gasteiger partial charge on any atom is -0.396 e. The highest BCUT2D eigenvalue weighted by atomic mass is 16.3. The zero-order valence-electron chi connectivity index (χ0n) is 14.9. The fourth-order valence-corrected chi connectivity index (χ4v) is 3.44. The molecule has 130 valence electrons. The molecule has 22 heavy (non-hydrogen) atoms. The van der Waals surface area contributed by atoms with Crippen LogP contribution in [0.3, 0.4) is 0 Å². The first-order valence-corrected chi connectivity index (χ1v) is 9.39. The summed E-state index contributed by atoms with van der Waals surface area (Å²) in [6.07, 6.45) is 9.71. The summed E-state index contributed by atoms with van der Waals surface area (Å²) in [4.78, 5) is 4.78. The molecule has 0 amide bonds. The lowest BCUT2D eigenvalue weighted by Gasteiger charge is -2.30. The second kappa shape index (κ2) is 11.8. The lowest BCUT2D eigenvalue weighted by Crippen LogP contribution is -2.45. The van der Waals surface area contributed by atoms with Crippen molar-refractivity contribution in [2.24, 2.45) is 16.8 Å². The van der Waals surface area contributed by atoms with Gasteiger partial charge in [-0.15, -0.1) is 0 Å². The Balaban J connectivity index is 2.53. The first kappa shape index (κ1) is 19.3. The fraction of sp³-hybridized carbons (Fsp3) is 0.944. The maximum Gasteiger partial charge on any atom is 0.191 e. The SMILES string of the molecule is CCCC(CCO)CN=C(NCC)NC1CCCC(CC)C1. The van der Waals surface area contributed by atoms with Crippen molar-refractivity contribution in [2.75, 3.05) is 19.7 Å². The van der Waals surface area contributed by atoms with Crippen LogP contribution in [-0.2, 0) is 0 Å². The highest BCUT2D eigenvalue weighted by Gasteiger charge is 2.21. The van der Waals surface area contributed by atoms with E-state index in [2.05, 4.69) is 31.4 Å². The van der Waals surface area contributed by atoms with E-state index in [-0.39, 0.29) is 6.61 Å². The number of hydrogen-bond acceptors (Lipinski definition) is 2. The molecule has 1 aliphatic rings. The molecule has 1 aliphatic carbocycles. The summed E-state index contributed by atoms with van der Waals surface area (Å²) in [7, 11) is 0. The number of aliphatic hydroxyl groups is 1. The molecule has 1 saturated carbocycles. The van der Waals surface area contributed by atoms with Crippen LogP contribution >= 0.6 is 0 Å². The molecule has 0 aromatic rings. The maximum absolute atomic E-state index is 9.17. The van der Waals surface area contributed by atoms with Crippen LogP contribution in [0.15, 0.2) is 4.99 Å². The fourth-order valence-electron chi connectivity index (χ4n) is 3.44. The lowest BCUT2D eigenvalue weighted by molar-refractivity contribution is 0.253. The van der Waals surface area contributed by atoms with Crippen molar-refractivity contribution in [3.05, 3.63) is 0 Å². The Kier molecular flexibility index (Phi) is 10.3. The number of hydrogen-bond donors (Lipinski definition) is 3. The van der Waals surface area contributed by atoms with Gasteiger partial charge in [0.15, 0.2) is 5.96 Å². The zero-order chi connectivity index (χ0) is 16.2. The van der Waals surface area contributed by atoms with Gasteiger partial charge in [-0.2, -0.15) is 0 Å². The second-order valence-electron chi connectivity index (χ2n) is 6.67. The van der Waals surface area contributed by atoms with Gasteiger partial charge in [0.05, 0.1) is 0 Å². The Morgan fingerprint density at radius 1 is 1.23 bits per heavy atom. The molecule has 1 rings (SSSR count). The molecule has 3 N–H and O–H groups in total. The molecule has 0 spiro atoms. The van der Waals surface area contributed by atoms with Crippen molar-refractivity contribution in [3.63, 3.8) is 0 Å². The first-order chi connectivity index (χ1) is 10.7. The Morgan fingerprint density at radius 3 is 2.68 bits per heavy atom. The molecule has 0 aliphatic heterocycles. The number of aliphatic imine (C=N–C) groups is 1. The number of guanidine groups is 1. The van der Waals surface area contributed by atoms with Crippen LogP contribution in [0, 0.1) is 11.8 Å². The zero-order valence-corrected chi connectivity index (χ0v) is 14.9. The highest BCUT2D eigenvalue weighted by molar-refractivity contribution is 5.80. The van der Waals surface area contributed by atoms with Crippen molar-refractivity contribution in [1.82, 2.24) is 10.6 Å². The average molecular weight is 312 g/mol. The number of aliphatic hydroxyl groups excluding tert-OH is 1. The molecule has 3 unspecified atom stereocenters. The van der Waals surface area contributed by atoms with Crippen LogP contribution in [0.4, 0.5) is 0 Å². The molecule has 4 nitrogen and oxygen atoms in total. The topological polar surface area (TPSA) is 56.7 Å². The van der Waals surface area contributed by atoms with E-state index in [4.69, 9.17) is 10.1 Å². The van der Waals surface area contributed by atoms with Crippen LogP contribution in [-0.4, -0.2) is 36.8 Å². The molecular formula is C18H37N3O. The molecule has 0 radical (unpaired) electrons. The Bertz CT molecular complexity index is 301. The van der Waals surface area contributed by atoms with Gasteiger partial charge in [0.1, 0.15) is 0 Å². The summed E-state index contributed by atoms with van der Waals surface area (Å²) in [6, 6.07) is 0.568. The van der Waals surface area contributed by atoms with E-state index in [0.717, 1.165) is 44.2 Å². The van der Waals surface area contributed by atoms with E-state index in [0.29, 0.717) is 12.0 Å². The van der Waals surface area contributed by atoms with Gasteiger partial charge in [0.25, 0.3) is 0 Å². The van der Waals surface area contributed by atoms with E-state index in [9.17, 15) is 0 Å². The van der Waals surface area contributed by atoms with E-state index in [1.54, 1.807) is 0 Å². The summed E-state index contributed by atoms with van der Waals surface area (Å²) in [6.45, 7) is 8.60. The van der Waals surface area contributed by atoms with Gasteiger partial charge < -0.3 is 15.7 Å². The van der Waals surface area contributed by atoms with Gasteiger partial charge in [-0.1, -0.05) is 39.5 Å². The molecule has 0 aromatic heterocycles. The van der Waals surface area contributed by atoms with Crippen LogP contribution in [0.25, 0.3) is 0 Å². The van der Waals surface area contributed by atoms with E-state index in [1.807, 2.05) is 0 Å². The van der Waals surface area contributed by atoms with Crippen LogP contribution in [0.1, 0.15) is 72.1 Å². The monoisotopic (exact) mass is 311 g/mol. The number of nitrogens with one attached hydrogen (secondary N) is 2. The molecule has 0 bridgehead atoms. The van der Waals surface area contributed by atoms with E-state index >= 15 is 0 Å². The Hall–Kier alpha value is -0.770. The third-order valence-corrected chi connectivity index (χ3v) is 4.79. The smallest absolute Gasteiger partial charge is 0.191 e. The molecular weight excluding hydrogens is 274 g/mol. The molecule has 0 saturated heterocycles. The number of nitrogens with zero attached hydrogens (tertiary/aromatic N) is 1. The van der Waals surface area contributed by atoms with Crippen LogP contribution in [0.2, 0.25) is 0 Å². The van der Waals surface area contributed by atoms with Crippen molar-refractivity contribution < 1.29 is 5.11 Å². The van der Waals surface area contributed by atoms with Crippen LogP contribution in [0.5, 0.6) is 0 Å². The minimum absolute atomic E-state index is 0.269. The predicted octanol–water partition coefficient (Wildman–Crippen LogP) is 3.31. The largest absolute Gasteiger partial charge is 0.396 e. The van der Waals surface area contributed by atoms with Crippen LogP contribution < -0.4 is 10.6 Å². The highest BCUT2D eigenvalue weighted by Crippen LogP contribution is 2.26. The van der Waals surface area contributed by atoms with Crippen molar-refractivity contribution in [3.8, 4) is 0 Å². The molecule has 1 fully saturated rings. The summed E-state index contributed by atoms with van der Waals surface area (Å²) >= 11 is 0. The predicted molar refractivity (Wildman–Crippen MR) is 95.3 cm³/mol. The van der Waals surface area contributed by atoms with E-state index in [1.165, 1.54) is 32.1 Å². The normalized spacial score (nSPS) is 24.1. The quantitative estimate of drug-likeness (QED) is 0.452. The Labute approximate surface area is 137 Å². The van der Waals surface area contributed by atoms with E-state index < -0.39 is 0 Å². The first-order valence-electron chi connectivity index (χ1n) is 9.39.